The summed E-state index contributed by atoms with van der Waals surface area (Å²) >= 11 is 12.1. The molecular formula is C26H24Cl2N5O7P. The fraction of sp³-hybridized carbons (Fsp3) is 0.192. The normalized spacial score (nSPS) is 14.7. The van der Waals surface area contributed by atoms with Crippen LogP contribution in [0.2, 0.25) is 10.0 Å². The zero-order valence-electron chi connectivity index (χ0n) is 21.4. The molecule has 12 nitrogen and oxygen atoms in total. The van der Waals surface area contributed by atoms with Gasteiger partial charge in [-0.05, 0) is 48.5 Å². The number of ether oxygens (including phenoxy) is 3. The number of nitrogens with zero attached hydrogens (tertiary/aromatic N) is 3. The molecule has 3 heterocycles. The van der Waals surface area contributed by atoms with Gasteiger partial charge in [0.25, 0.3) is 11.5 Å². The predicted molar refractivity (Wildman–Crippen MR) is 153 cm³/mol. The van der Waals surface area contributed by atoms with Crippen molar-refractivity contribution < 1.29 is 27.8 Å². The first kappa shape index (κ1) is 28.9. The Bertz CT molecular complexity index is 1720. The van der Waals surface area contributed by atoms with Gasteiger partial charge in [-0.3, -0.25) is 18.9 Å². The number of nitrogen functional groups attached to an aromatic ring is 1. The van der Waals surface area contributed by atoms with Crippen LogP contribution >= 0.6 is 30.8 Å². The molecule has 0 radical (unpaired) electrons. The van der Waals surface area contributed by atoms with Crippen LogP contribution in [0.3, 0.4) is 0 Å². The Morgan fingerprint density at radius 3 is 2.63 bits per heavy atom. The Labute approximate surface area is 243 Å². The molecule has 41 heavy (non-hydrogen) atoms. The smallest absolute Gasteiger partial charge is 0.356 e. The second kappa shape index (κ2) is 12.5. The van der Waals surface area contributed by atoms with E-state index in [1.165, 1.54) is 6.33 Å². The Hall–Kier alpha value is -3.64. The van der Waals surface area contributed by atoms with E-state index in [1.54, 1.807) is 53.1 Å². The Kier molecular flexibility index (Phi) is 8.79. The highest BCUT2D eigenvalue weighted by atomic mass is 35.5. The molecule has 2 aromatic carbocycles. The number of imidazole rings is 1. The first-order valence-corrected chi connectivity index (χ1v) is 14.6. The lowest BCUT2D eigenvalue weighted by molar-refractivity contribution is 0.115. The average Bonchev–Trinajstić information content (AvgIpc) is 3.52. The number of aromatic amines is 1. The van der Waals surface area contributed by atoms with Gasteiger partial charge in [-0.1, -0.05) is 35.3 Å². The molecule has 1 atom stereocenters. The van der Waals surface area contributed by atoms with Gasteiger partial charge >= 0.3 is 7.60 Å². The minimum absolute atomic E-state index is 0.0365. The molecule has 0 aliphatic carbocycles. The number of benzene rings is 2. The molecule has 4 aromatic rings. The zero-order chi connectivity index (χ0) is 29.0. The van der Waals surface area contributed by atoms with Gasteiger partial charge in [-0.2, -0.15) is 4.98 Å². The fourth-order valence-corrected chi connectivity index (χ4v) is 5.41. The van der Waals surface area contributed by atoms with E-state index in [0.717, 1.165) is 0 Å². The van der Waals surface area contributed by atoms with Gasteiger partial charge in [-0.15, -0.1) is 0 Å². The maximum absolute atomic E-state index is 13.8. The van der Waals surface area contributed by atoms with Gasteiger partial charge in [0.1, 0.15) is 13.0 Å². The summed E-state index contributed by atoms with van der Waals surface area (Å²) in [4.78, 5) is 22.6. The SMILES string of the molecule is C=C1OC(COP(=O)(COCCn2cnc3c(=O)[nH]c(N)nc32)OCc2cccc(Cl)c2)=C(c2ccc(Cl)cc2)O1. The quantitative estimate of drug-likeness (QED) is 0.158. The number of anilines is 1. The van der Waals surface area contributed by atoms with E-state index in [9.17, 15) is 9.36 Å². The number of fused-ring (bicyclic) bond motifs is 1. The largest absolute Gasteiger partial charge is 0.424 e. The number of halogens is 2. The lowest BCUT2D eigenvalue weighted by Gasteiger charge is -2.19. The van der Waals surface area contributed by atoms with Gasteiger partial charge in [0.15, 0.2) is 22.7 Å². The summed E-state index contributed by atoms with van der Waals surface area (Å²) in [6.07, 6.45) is 1.05. The topological polar surface area (TPSA) is 153 Å². The number of rotatable bonds is 12. The third kappa shape index (κ3) is 7.17. The van der Waals surface area contributed by atoms with Crippen LogP contribution in [0.15, 0.2) is 77.9 Å². The van der Waals surface area contributed by atoms with Gasteiger partial charge < -0.3 is 29.0 Å². The molecule has 3 N–H and O–H groups in total. The van der Waals surface area contributed by atoms with Crippen LogP contribution in [0.5, 0.6) is 0 Å². The summed E-state index contributed by atoms with van der Waals surface area (Å²) in [7, 11) is -3.87. The predicted octanol–water partition coefficient (Wildman–Crippen LogP) is 5.30. The maximum atomic E-state index is 13.8. The van der Waals surface area contributed by atoms with Gasteiger partial charge in [-0.25, -0.2) is 4.98 Å². The molecule has 0 spiro atoms. The van der Waals surface area contributed by atoms with E-state index in [1.807, 2.05) is 0 Å². The fourth-order valence-electron chi connectivity index (χ4n) is 3.83. The summed E-state index contributed by atoms with van der Waals surface area (Å²) in [6.45, 7) is 3.70. The zero-order valence-corrected chi connectivity index (χ0v) is 23.8. The molecule has 0 fully saturated rings. The minimum atomic E-state index is -3.87. The van der Waals surface area contributed by atoms with E-state index in [2.05, 4.69) is 21.5 Å². The number of H-pyrrole nitrogens is 1. The number of hydrogen-bond acceptors (Lipinski definition) is 10. The van der Waals surface area contributed by atoms with E-state index in [4.69, 9.17) is 52.2 Å². The van der Waals surface area contributed by atoms with Crippen LogP contribution in [0, 0.1) is 0 Å². The highest BCUT2D eigenvalue weighted by Gasteiger charge is 2.30. The van der Waals surface area contributed by atoms with Crippen molar-refractivity contribution >= 4 is 53.7 Å². The van der Waals surface area contributed by atoms with Crippen molar-refractivity contribution in [2.75, 3.05) is 25.3 Å². The second-order valence-electron chi connectivity index (χ2n) is 8.72. The van der Waals surface area contributed by atoms with Crippen molar-refractivity contribution in [3.05, 3.63) is 105 Å². The Morgan fingerprint density at radius 2 is 1.85 bits per heavy atom. The highest BCUT2D eigenvalue weighted by Crippen LogP contribution is 2.50. The number of nitrogens with one attached hydrogen (secondary N) is 1. The van der Waals surface area contributed by atoms with E-state index in [0.29, 0.717) is 32.6 Å². The maximum Gasteiger partial charge on any atom is 0.356 e. The summed E-state index contributed by atoms with van der Waals surface area (Å²) in [6, 6.07) is 13.8. The van der Waals surface area contributed by atoms with Gasteiger partial charge in [0.05, 0.1) is 19.5 Å². The summed E-state index contributed by atoms with van der Waals surface area (Å²) in [5, 5.41) is 1.06. The molecule has 0 saturated carbocycles. The molecular weight excluding hydrogens is 596 g/mol. The van der Waals surface area contributed by atoms with Crippen LogP contribution in [-0.2, 0) is 41.0 Å². The summed E-state index contributed by atoms with van der Waals surface area (Å²) < 4.78 is 43.8. The molecule has 0 amide bonds. The molecule has 1 aliphatic heterocycles. The van der Waals surface area contributed by atoms with Crippen LogP contribution in [-0.4, -0.2) is 39.1 Å². The van der Waals surface area contributed by atoms with Crippen LogP contribution < -0.4 is 11.3 Å². The standard InChI is InChI=1S/C26H24Cl2N5O7P/c1-16-39-21(23(40-16)18-5-7-19(27)8-6-18)13-38-41(35,37-12-17-3-2-4-20(28)11-17)15-36-10-9-33-14-30-22-24(33)31-26(29)32-25(22)34/h2-8,11,14H,1,9-10,12-13,15H2,(H3,29,31,32,34). The van der Waals surface area contributed by atoms with Crippen molar-refractivity contribution in [1.29, 1.82) is 0 Å². The Balaban J connectivity index is 1.28. The van der Waals surface area contributed by atoms with E-state index in [-0.39, 0.29) is 55.9 Å². The third-order valence-electron chi connectivity index (χ3n) is 5.74. The first-order valence-electron chi connectivity index (χ1n) is 12.1. The second-order valence-corrected chi connectivity index (χ2v) is 11.6. The lowest BCUT2D eigenvalue weighted by Crippen LogP contribution is -2.13. The van der Waals surface area contributed by atoms with E-state index < -0.39 is 13.2 Å². The number of hydrogen-bond donors (Lipinski definition) is 2. The van der Waals surface area contributed by atoms with Crippen LogP contribution in [0.1, 0.15) is 11.1 Å². The molecule has 0 bridgehead atoms. The third-order valence-corrected chi connectivity index (χ3v) is 7.77. The van der Waals surface area contributed by atoms with Crippen LogP contribution in [0.4, 0.5) is 5.95 Å². The van der Waals surface area contributed by atoms with Crippen molar-refractivity contribution in [2.24, 2.45) is 0 Å². The van der Waals surface area contributed by atoms with E-state index >= 15 is 0 Å². The molecule has 5 rings (SSSR count). The molecule has 214 valence electrons. The molecule has 15 heteroatoms. The highest BCUT2D eigenvalue weighted by molar-refractivity contribution is 7.53. The Morgan fingerprint density at radius 1 is 1.07 bits per heavy atom. The molecule has 1 aliphatic rings. The van der Waals surface area contributed by atoms with Crippen LogP contribution in [0.25, 0.3) is 16.9 Å². The summed E-state index contributed by atoms with van der Waals surface area (Å²) in [5.41, 5.74) is 6.99. The first-order chi connectivity index (χ1) is 19.7. The van der Waals surface area contributed by atoms with Crippen molar-refractivity contribution in [3.63, 3.8) is 0 Å². The molecule has 0 saturated heterocycles. The number of nitrogens with two attached hydrogens (primary N) is 1. The van der Waals surface area contributed by atoms with Crippen molar-refractivity contribution in [2.45, 2.75) is 13.2 Å². The summed E-state index contributed by atoms with van der Waals surface area (Å²) in [5.74, 6) is 0.607. The lowest BCUT2D eigenvalue weighted by atomic mass is 10.2. The monoisotopic (exact) mass is 619 g/mol. The number of aromatic nitrogens is 4. The van der Waals surface area contributed by atoms with Gasteiger partial charge in [0, 0.05) is 22.2 Å². The minimum Gasteiger partial charge on any atom is -0.424 e. The van der Waals surface area contributed by atoms with Crippen molar-refractivity contribution in [3.8, 4) is 0 Å². The van der Waals surface area contributed by atoms with Crippen molar-refractivity contribution in [1.82, 2.24) is 19.5 Å². The molecule has 2 aromatic heterocycles. The van der Waals surface area contributed by atoms with Gasteiger partial charge in [0.2, 0.25) is 5.95 Å². The molecule has 1 unspecified atom stereocenters. The average molecular weight is 620 g/mol.